The maximum atomic E-state index is 11.0. The van der Waals surface area contributed by atoms with Crippen molar-refractivity contribution in [1.29, 1.82) is 0 Å². The first-order valence-corrected chi connectivity index (χ1v) is 7.93. The number of non-ortho nitro benzene ring substituents is 1. The highest BCUT2D eigenvalue weighted by molar-refractivity contribution is 5.83. The summed E-state index contributed by atoms with van der Waals surface area (Å²) in [5, 5.41) is 14.6. The monoisotopic (exact) mass is 328 g/mol. The van der Waals surface area contributed by atoms with Gasteiger partial charge >= 0.3 is 0 Å². The number of nitro groups is 1. The Labute approximate surface area is 140 Å². The molecule has 0 spiro atoms. The summed E-state index contributed by atoms with van der Waals surface area (Å²) in [7, 11) is 0. The van der Waals surface area contributed by atoms with Crippen LogP contribution in [0.4, 0.5) is 5.69 Å². The Balaban J connectivity index is 1.96. The molecule has 1 heterocycles. The molecule has 0 unspecified atom stereocenters. The highest BCUT2D eigenvalue weighted by Crippen LogP contribution is 2.35. The minimum Gasteiger partial charge on any atom is -0.378 e. The minimum absolute atomic E-state index is 0.1000. The molecule has 24 heavy (non-hydrogen) atoms. The highest BCUT2D eigenvalue weighted by atomic mass is 16.6. The molecule has 3 rings (SSSR count). The van der Waals surface area contributed by atoms with Crippen LogP contribution in [-0.4, -0.2) is 42.3 Å². The predicted molar refractivity (Wildman–Crippen MR) is 92.4 cm³/mol. The zero-order valence-corrected chi connectivity index (χ0v) is 13.4. The van der Waals surface area contributed by atoms with E-state index in [-0.39, 0.29) is 10.6 Å². The Morgan fingerprint density at radius 3 is 2.79 bits per heavy atom. The van der Waals surface area contributed by atoms with Gasteiger partial charge in [0.05, 0.1) is 24.4 Å². The standard InChI is InChI=1S/C17H20N4O3/c18-19-12-15-5-4-14(17(15)20-6-8-24-9-7-20)10-13-2-1-3-16(11-13)21(22)23/h1-3,10-12H,4-9,18H2. The van der Waals surface area contributed by atoms with Crippen LogP contribution in [0.2, 0.25) is 0 Å². The quantitative estimate of drug-likeness (QED) is 0.396. The fourth-order valence-electron chi connectivity index (χ4n) is 3.19. The van der Waals surface area contributed by atoms with Gasteiger partial charge in [-0.1, -0.05) is 12.1 Å². The van der Waals surface area contributed by atoms with Gasteiger partial charge in [-0.3, -0.25) is 10.1 Å². The lowest BCUT2D eigenvalue weighted by atomic mass is 10.1. The van der Waals surface area contributed by atoms with E-state index in [0.29, 0.717) is 13.2 Å². The topological polar surface area (TPSA) is 94.0 Å². The molecule has 1 saturated heterocycles. The number of allylic oxidation sites excluding steroid dienone is 2. The van der Waals surface area contributed by atoms with Crippen LogP contribution in [-0.2, 0) is 4.74 Å². The van der Waals surface area contributed by atoms with Crippen molar-refractivity contribution in [2.45, 2.75) is 12.8 Å². The molecule has 0 atom stereocenters. The van der Waals surface area contributed by atoms with E-state index >= 15 is 0 Å². The number of nitro benzene ring substituents is 1. The Kier molecular flexibility index (Phi) is 4.90. The van der Waals surface area contributed by atoms with Crippen molar-refractivity contribution in [1.82, 2.24) is 4.90 Å². The van der Waals surface area contributed by atoms with Crippen LogP contribution >= 0.6 is 0 Å². The Hall–Kier alpha value is -2.67. The smallest absolute Gasteiger partial charge is 0.270 e. The molecule has 0 bridgehead atoms. The van der Waals surface area contributed by atoms with Crippen LogP contribution in [0.3, 0.4) is 0 Å². The molecule has 126 valence electrons. The Bertz CT molecular complexity index is 718. The molecule has 1 aliphatic heterocycles. The van der Waals surface area contributed by atoms with Crippen molar-refractivity contribution < 1.29 is 9.66 Å². The zero-order valence-electron chi connectivity index (χ0n) is 13.4. The van der Waals surface area contributed by atoms with Crippen molar-refractivity contribution in [3.63, 3.8) is 0 Å². The number of nitrogens with two attached hydrogens (primary N) is 1. The number of ether oxygens (including phenoxy) is 1. The molecule has 0 saturated carbocycles. The molecule has 0 amide bonds. The SMILES string of the molecule is NN=CC1=C(N2CCOCC2)C(=Cc2cccc([N+](=O)[O-])c2)CC1. The van der Waals surface area contributed by atoms with Crippen molar-refractivity contribution in [3.05, 3.63) is 56.8 Å². The second-order valence-electron chi connectivity index (χ2n) is 5.77. The van der Waals surface area contributed by atoms with Gasteiger partial charge in [0.1, 0.15) is 0 Å². The normalized spacial score (nSPS) is 20.3. The predicted octanol–water partition coefficient (Wildman–Crippen LogP) is 2.30. The summed E-state index contributed by atoms with van der Waals surface area (Å²) >= 11 is 0. The Morgan fingerprint density at radius 1 is 1.29 bits per heavy atom. The molecule has 0 radical (unpaired) electrons. The second-order valence-corrected chi connectivity index (χ2v) is 5.77. The molecule has 7 heteroatoms. The third-order valence-electron chi connectivity index (χ3n) is 4.25. The summed E-state index contributed by atoms with van der Waals surface area (Å²) in [4.78, 5) is 12.9. The molecule has 7 nitrogen and oxygen atoms in total. The fraction of sp³-hybridized carbons (Fsp3) is 0.353. The van der Waals surface area contributed by atoms with Gasteiger partial charge in [0.15, 0.2) is 0 Å². The lowest BCUT2D eigenvalue weighted by Crippen LogP contribution is -2.36. The zero-order chi connectivity index (χ0) is 16.9. The highest BCUT2D eigenvalue weighted by Gasteiger charge is 2.25. The van der Waals surface area contributed by atoms with Crippen molar-refractivity contribution in [2.24, 2.45) is 10.9 Å². The van der Waals surface area contributed by atoms with E-state index in [1.807, 2.05) is 12.1 Å². The summed E-state index contributed by atoms with van der Waals surface area (Å²) in [6.07, 6.45) is 5.47. The maximum absolute atomic E-state index is 11.0. The first kappa shape index (κ1) is 16.2. The largest absolute Gasteiger partial charge is 0.378 e. The van der Waals surface area contributed by atoms with Crippen molar-refractivity contribution in [2.75, 3.05) is 26.3 Å². The van der Waals surface area contributed by atoms with Gasteiger partial charge in [-0.15, -0.1) is 0 Å². The van der Waals surface area contributed by atoms with Gasteiger partial charge in [-0.2, -0.15) is 5.10 Å². The van der Waals surface area contributed by atoms with Crippen LogP contribution in [0, 0.1) is 10.1 Å². The van der Waals surface area contributed by atoms with E-state index in [4.69, 9.17) is 10.6 Å². The average Bonchev–Trinajstić information content (AvgIpc) is 2.98. The van der Waals surface area contributed by atoms with E-state index in [9.17, 15) is 10.1 Å². The van der Waals surface area contributed by atoms with Crippen LogP contribution < -0.4 is 5.84 Å². The minimum atomic E-state index is -0.373. The third-order valence-corrected chi connectivity index (χ3v) is 4.25. The number of hydrogen-bond donors (Lipinski definition) is 1. The van der Waals surface area contributed by atoms with Crippen molar-refractivity contribution >= 4 is 18.0 Å². The lowest BCUT2D eigenvalue weighted by molar-refractivity contribution is -0.384. The summed E-state index contributed by atoms with van der Waals surface area (Å²) in [6.45, 7) is 3.04. The van der Waals surface area contributed by atoms with Crippen LogP contribution in [0.25, 0.3) is 6.08 Å². The van der Waals surface area contributed by atoms with E-state index in [1.165, 1.54) is 6.07 Å². The molecule has 1 aromatic carbocycles. The molecular formula is C17H20N4O3. The number of hydrazone groups is 1. The van der Waals surface area contributed by atoms with E-state index < -0.39 is 0 Å². The first-order chi connectivity index (χ1) is 11.7. The number of hydrogen-bond acceptors (Lipinski definition) is 6. The van der Waals surface area contributed by atoms with Gasteiger partial charge in [-0.25, -0.2) is 0 Å². The van der Waals surface area contributed by atoms with Gasteiger partial charge in [-0.05, 0) is 35.6 Å². The summed E-state index contributed by atoms with van der Waals surface area (Å²) < 4.78 is 5.43. The molecule has 2 N–H and O–H groups in total. The first-order valence-electron chi connectivity index (χ1n) is 7.93. The van der Waals surface area contributed by atoms with Gasteiger partial charge in [0, 0.05) is 30.9 Å². The van der Waals surface area contributed by atoms with Crippen LogP contribution in [0.5, 0.6) is 0 Å². The number of nitrogens with zero attached hydrogens (tertiary/aromatic N) is 3. The van der Waals surface area contributed by atoms with E-state index in [2.05, 4.69) is 10.0 Å². The lowest BCUT2D eigenvalue weighted by Gasteiger charge is -2.31. The molecule has 0 aromatic heterocycles. The number of morpholine rings is 1. The molecular weight excluding hydrogens is 308 g/mol. The van der Waals surface area contributed by atoms with Gasteiger partial charge < -0.3 is 15.5 Å². The van der Waals surface area contributed by atoms with Crippen LogP contribution in [0.15, 0.2) is 46.2 Å². The fourth-order valence-corrected chi connectivity index (χ4v) is 3.19. The molecule has 1 aromatic rings. The van der Waals surface area contributed by atoms with Gasteiger partial charge in [0.25, 0.3) is 5.69 Å². The van der Waals surface area contributed by atoms with Crippen molar-refractivity contribution in [3.8, 4) is 0 Å². The number of benzene rings is 1. The number of rotatable bonds is 4. The average molecular weight is 328 g/mol. The van der Waals surface area contributed by atoms with E-state index in [0.717, 1.165) is 48.3 Å². The third kappa shape index (κ3) is 3.46. The summed E-state index contributed by atoms with van der Waals surface area (Å²) in [6, 6.07) is 6.69. The molecule has 1 fully saturated rings. The summed E-state index contributed by atoms with van der Waals surface area (Å²) in [5.41, 5.74) is 4.33. The molecule has 1 aliphatic carbocycles. The molecule has 2 aliphatic rings. The second kappa shape index (κ2) is 7.27. The maximum Gasteiger partial charge on any atom is 0.270 e. The Morgan fingerprint density at radius 2 is 2.08 bits per heavy atom. The van der Waals surface area contributed by atoms with Gasteiger partial charge in [0.2, 0.25) is 0 Å². The summed E-state index contributed by atoms with van der Waals surface area (Å²) in [5.74, 6) is 5.35. The van der Waals surface area contributed by atoms with E-state index in [1.54, 1.807) is 18.3 Å². The van der Waals surface area contributed by atoms with Crippen LogP contribution in [0.1, 0.15) is 18.4 Å².